The van der Waals surface area contributed by atoms with Crippen LogP contribution >= 0.6 is 0 Å². The zero-order chi connectivity index (χ0) is 12.3. The van der Waals surface area contributed by atoms with Crippen LogP contribution in [0, 0.1) is 0 Å². The Morgan fingerprint density at radius 2 is 2.25 bits per heavy atom. The molecule has 3 N–H and O–H groups in total. The third kappa shape index (κ3) is 2.72. The Balaban J connectivity index is 3.06. The molecule has 0 amide bonds. The number of alkyl halides is 3. The second-order valence-electron chi connectivity index (χ2n) is 2.83. The summed E-state index contributed by atoms with van der Waals surface area (Å²) in [5.74, 6) is -0.316. The van der Waals surface area contributed by atoms with E-state index < -0.39 is 17.4 Å². The molecule has 1 aromatic rings. The maximum atomic E-state index is 12.1. The maximum absolute atomic E-state index is 12.1. The summed E-state index contributed by atoms with van der Waals surface area (Å²) in [6.45, 7) is -0.333. The summed E-state index contributed by atoms with van der Waals surface area (Å²) in [4.78, 5) is 14.2. The van der Waals surface area contributed by atoms with Gasteiger partial charge in [-0.3, -0.25) is 9.36 Å². The average Bonchev–Trinajstić information content (AvgIpc) is 2.19. The molecule has 0 spiro atoms. The van der Waals surface area contributed by atoms with E-state index >= 15 is 0 Å². The molecule has 0 aliphatic rings. The Bertz CT molecular complexity index is 465. The van der Waals surface area contributed by atoms with Gasteiger partial charge in [0.15, 0.2) is 11.5 Å². The van der Waals surface area contributed by atoms with E-state index in [1.54, 1.807) is 0 Å². The van der Waals surface area contributed by atoms with Gasteiger partial charge in [-0.25, -0.2) is 4.98 Å². The molecule has 1 aromatic heterocycles. The predicted molar refractivity (Wildman–Crippen MR) is 46.9 cm³/mol. The number of hydrogen-bond acceptors (Lipinski definition) is 4. The lowest BCUT2D eigenvalue weighted by molar-refractivity contribution is -0.141. The molecule has 0 aliphatic carbocycles. The number of halogens is 3. The standard InChI is InChI=1S/C7H7F3N4O2/c8-7(9,10)4-1-6(15)14(3-12-4)2-5(11)13-16/h1,3,16H,2H2,(H2,11,13). The van der Waals surface area contributed by atoms with E-state index in [0.29, 0.717) is 12.4 Å². The Kier molecular flexibility index (Phi) is 3.16. The maximum Gasteiger partial charge on any atom is 0.433 e. The highest BCUT2D eigenvalue weighted by molar-refractivity contribution is 5.79. The molecular formula is C7H7F3N4O2. The summed E-state index contributed by atoms with van der Waals surface area (Å²) >= 11 is 0. The lowest BCUT2D eigenvalue weighted by atomic mass is 10.4. The van der Waals surface area contributed by atoms with Crippen molar-refractivity contribution in [1.29, 1.82) is 0 Å². The van der Waals surface area contributed by atoms with Gasteiger partial charge in [-0.1, -0.05) is 5.16 Å². The minimum Gasteiger partial charge on any atom is -0.409 e. The molecule has 0 saturated carbocycles. The Hall–Kier alpha value is -2.06. The molecular weight excluding hydrogens is 229 g/mol. The smallest absolute Gasteiger partial charge is 0.409 e. The fourth-order valence-electron chi connectivity index (χ4n) is 0.906. The molecule has 0 fully saturated rings. The number of oxime groups is 1. The summed E-state index contributed by atoms with van der Waals surface area (Å²) in [6, 6.07) is 0.338. The first kappa shape index (κ1) is 12.0. The summed E-state index contributed by atoms with van der Waals surface area (Å²) in [6.07, 6.45) is -3.99. The van der Waals surface area contributed by atoms with Crippen LogP contribution in [0.5, 0.6) is 0 Å². The number of aromatic nitrogens is 2. The largest absolute Gasteiger partial charge is 0.433 e. The topological polar surface area (TPSA) is 93.5 Å². The van der Waals surface area contributed by atoms with E-state index in [-0.39, 0.29) is 12.4 Å². The molecule has 1 rings (SSSR count). The highest BCUT2D eigenvalue weighted by Crippen LogP contribution is 2.25. The predicted octanol–water partition coefficient (Wildman–Crippen LogP) is 0.00850. The SMILES string of the molecule is N/C(Cn1cnc(C(F)(F)F)cc1=O)=N\O. The number of rotatable bonds is 2. The van der Waals surface area contributed by atoms with Gasteiger partial charge >= 0.3 is 6.18 Å². The number of amidine groups is 1. The van der Waals surface area contributed by atoms with E-state index in [4.69, 9.17) is 10.9 Å². The van der Waals surface area contributed by atoms with Crippen LogP contribution in [0.1, 0.15) is 5.69 Å². The molecule has 0 atom stereocenters. The molecule has 9 heteroatoms. The third-order valence-corrected chi connectivity index (χ3v) is 1.63. The van der Waals surface area contributed by atoms with Gasteiger partial charge in [0.05, 0.1) is 12.9 Å². The summed E-state index contributed by atoms with van der Waals surface area (Å²) < 4.78 is 37.2. The van der Waals surface area contributed by atoms with Gasteiger partial charge in [-0.2, -0.15) is 13.2 Å². The number of nitrogens with two attached hydrogens (primary N) is 1. The van der Waals surface area contributed by atoms with Crippen molar-refractivity contribution in [2.75, 3.05) is 0 Å². The van der Waals surface area contributed by atoms with Crippen LogP contribution in [0.4, 0.5) is 13.2 Å². The third-order valence-electron chi connectivity index (χ3n) is 1.63. The molecule has 0 aromatic carbocycles. The summed E-state index contributed by atoms with van der Waals surface area (Å²) in [7, 11) is 0. The van der Waals surface area contributed by atoms with E-state index in [9.17, 15) is 18.0 Å². The van der Waals surface area contributed by atoms with Gasteiger partial charge in [0.25, 0.3) is 5.56 Å². The fraction of sp³-hybridized carbons (Fsp3) is 0.286. The van der Waals surface area contributed by atoms with Crippen LogP contribution in [0.25, 0.3) is 0 Å². The van der Waals surface area contributed by atoms with Crippen molar-refractivity contribution in [1.82, 2.24) is 9.55 Å². The zero-order valence-electron chi connectivity index (χ0n) is 7.77. The molecule has 0 aliphatic heterocycles. The van der Waals surface area contributed by atoms with Crippen molar-refractivity contribution in [3.63, 3.8) is 0 Å². The van der Waals surface area contributed by atoms with Crippen LogP contribution in [-0.2, 0) is 12.7 Å². The first-order chi connectivity index (χ1) is 7.34. The van der Waals surface area contributed by atoms with Crippen molar-refractivity contribution in [3.8, 4) is 0 Å². The molecule has 16 heavy (non-hydrogen) atoms. The second kappa shape index (κ2) is 4.21. The molecule has 0 saturated heterocycles. The minimum absolute atomic E-state index is 0.316. The summed E-state index contributed by atoms with van der Waals surface area (Å²) in [5, 5.41) is 10.8. The zero-order valence-corrected chi connectivity index (χ0v) is 7.77. The Morgan fingerprint density at radius 3 is 2.69 bits per heavy atom. The highest BCUT2D eigenvalue weighted by atomic mass is 19.4. The highest BCUT2D eigenvalue weighted by Gasteiger charge is 2.32. The van der Waals surface area contributed by atoms with E-state index in [2.05, 4.69) is 10.1 Å². The first-order valence-electron chi connectivity index (χ1n) is 3.94. The van der Waals surface area contributed by atoms with Crippen molar-refractivity contribution in [2.45, 2.75) is 12.7 Å². The molecule has 6 nitrogen and oxygen atoms in total. The van der Waals surface area contributed by atoms with Crippen LogP contribution in [-0.4, -0.2) is 20.6 Å². The summed E-state index contributed by atoms with van der Waals surface area (Å²) in [5.41, 5.74) is 2.87. The van der Waals surface area contributed by atoms with Crippen molar-refractivity contribution in [3.05, 3.63) is 28.4 Å². The Morgan fingerprint density at radius 1 is 1.62 bits per heavy atom. The van der Waals surface area contributed by atoms with Gasteiger partial charge in [0.2, 0.25) is 0 Å². The van der Waals surface area contributed by atoms with Gasteiger partial charge < -0.3 is 10.9 Å². The monoisotopic (exact) mass is 236 g/mol. The van der Waals surface area contributed by atoms with Crippen LogP contribution in [0.3, 0.4) is 0 Å². The van der Waals surface area contributed by atoms with E-state index in [1.807, 2.05) is 0 Å². The van der Waals surface area contributed by atoms with Gasteiger partial charge in [0.1, 0.15) is 0 Å². The normalized spacial score (nSPS) is 12.8. The van der Waals surface area contributed by atoms with Crippen LogP contribution in [0.2, 0.25) is 0 Å². The van der Waals surface area contributed by atoms with Crippen molar-refractivity contribution < 1.29 is 18.4 Å². The lowest BCUT2D eigenvalue weighted by Crippen LogP contribution is -2.29. The minimum atomic E-state index is -4.67. The average molecular weight is 236 g/mol. The number of hydrogen-bond donors (Lipinski definition) is 2. The second-order valence-corrected chi connectivity index (χ2v) is 2.83. The van der Waals surface area contributed by atoms with E-state index in [1.165, 1.54) is 0 Å². The molecule has 88 valence electrons. The van der Waals surface area contributed by atoms with Crippen LogP contribution in [0.15, 0.2) is 22.3 Å². The molecule has 0 radical (unpaired) electrons. The first-order valence-corrected chi connectivity index (χ1v) is 3.94. The fourth-order valence-corrected chi connectivity index (χ4v) is 0.906. The van der Waals surface area contributed by atoms with Gasteiger partial charge in [-0.05, 0) is 0 Å². The lowest BCUT2D eigenvalue weighted by Gasteiger charge is -2.07. The quantitative estimate of drug-likeness (QED) is 0.327. The molecule has 0 bridgehead atoms. The van der Waals surface area contributed by atoms with Crippen molar-refractivity contribution in [2.24, 2.45) is 10.9 Å². The molecule has 1 heterocycles. The van der Waals surface area contributed by atoms with Crippen molar-refractivity contribution >= 4 is 5.84 Å². The molecule has 0 unspecified atom stereocenters. The van der Waals surface area contributed by atoms with E-state index in [0.717, 1.165) is 4.57 Å². The van der Waals surface area contributed by atoms with Crippen LogP contribution < -0.4 is 11.3 Å². The Labute approximate surface area is 86.8 Å². The number of nitrogens with zero attached hydrogens (tertiary/aromatic N) is 3. The van der Waals surface area contributed by atoms with Gasteiger partial charge in [-0.15, -0.1) is 0 Å². The van der Waals surface area contributed by atoms with Gasteiger partial charge in [0, 0.05) is 6.07 Å².